The highest BCUT2D eigenvalue weighted by Crippen LogP contribution is 2.11. The van der Waals surface area contributed by atoms with Gasteiger partial charge in [-0.2, -0.15) is 5.10 Å². The van der Waals surface area contributed by atoms with Crippen molar-refractivity contribution >= 4 is 15.9 Å². The third-order valence-corrected chi connectivity index (χ3v) is 3.22. The van der Waals surface area contributed by atoms with Crippen molar-refractivity contribution < 1.29 is 0 Å². The lowest BCUT2D eigenvalue weighted by atomic mass is 9.98. The van der Waals surface area contributed by atoms with Crippen LogP contribution in [0.3, 0.4) is 0 Å². The molecular weight excluding hydrogens is 256 g/mol. The fourth-order valence-electron chi connectivity index (χ4n) is 1.24. The molecule has 84 valence electrons. The molecule has 0 amide bonds. The van der Waals surface area contributed by atoms with Crippen LogP contribution in [-0.2, 0) is 6.54 Å². The average molecular weight is 273 g/mol. The number of aryl methyl sites for hydroxylation is 1. The topological polar surface area (TPSA) is 34.9 Å². The highest BCUT2D eigenvalue weighted by molar-refractivity contribution is 9.10. The molecule has 0 bridgehead atoms. The fraction of sp³-hybridized carbons (Fsp3) is 0.636. The Bertz CT molecular complexity index is 398. The summed E-state index contributed by atoms with van der Waals surface area (Å²) in [6, 6.07) is 1.75. The molecule has 0 aliphatic heterocycles. The first-order valence-electron chi connectivity index (χ1n) is 5.16. The summed E-state index contributed by atoms with van der Waals surface area (Å²) < 4.78 is 2.13. The van der Waals surface area contributed by atoms with Crippen LogP contribution in [0, 0.1) is 18.8 Å². The lowest BCUT2D eigenvalue weighted by Crippen LogP contribution is -2.28. The van der Waals surface area contributed by atoms with Gasteiger partial charge in [0.15, 0.2) is 0 Å². The van der Waals surface area contributed by atoms with Crippen LogP contribution in [0.1, 0.15) is 26.5 Å². The molecule has 0 saturated carbocycles. The maximum Gasteiger partial charge on any atom is 0.281 e. The Morgan fingerprint density at radius 2 is 2.07 bits per heavy atom. The second kappa shape index (κ2) is 4.92. The predicted molar refractivity (Wildman–Crippen MR) is 64.9 cm³/mol. The summed E-state index contributed by atoms with van der Waals surface area (Å²) >= 11 is 3.25. The lowest BCUT2D eigenvalue weighted by Gasteiger charge is -2.16. The minimum Gasteiger partial charge on any atom is -0.267 e. The van der Waals surface area contributed by atoms with E-state index in [2.05, 4.69) is 41.8 Å². The van der Waals surface area contributed by atoms with E-state index >= 15 is 0 Å². The maximum absolute atomic E-state index is 11.7. The number of halogens is 1. The Labute approximate surface area is 98.6 Å². The van der Waals surface area contributed by atoms with Crippen LogP contribution in [0.2, 0.25) is 0 Å². The van der Waals surface area contributed by atoms with Crippen molar-refractivity contribution in [2.45, 2.75) is 34.2 Å². The highest BCUT2D eigenvalue weighted by Gasteiger charge is 2.11. The summed E-state index contributed by atoms with van der Waals surface area (Å²) in [5.74, 6) is 1.00. The first-order valence-corrected chi connectivity index (χ1v) is 5.95. The van der Waals surface area contributed by atoms with Crippen LogP contribution in [0.15, 0.2) is 15.3 Å². The molecule has 4 heteroatoms. The van der Waals surface area contributed by atoms with Gasteiger partial charge in [0.1, 0.15) is 0 Å². The minimum absolute atomic E-state index is 0.0481. The summed E-state index contributed by atoms with van der Waals surface area (Å²) in [5, 5.41) is 4.23. The molecule has 3 nitrogen and oxygen atoms in total. The van der Waals surface area contributed by atoms with Gasteiger partial charge < -0.3 is 0 Å². The molecule has 0 aromatic carbocycles. The van der Waals surface area contributed by atoms with Crippen LogP contribution >= 0.6 is 15.9 Å². The van der Waals surface area contributed by atoms with E-state index in [-0.39, 0.29) is 5.56 Å². The third-order valence-electron chi connectivity index (χ3n) is 2.65. The number of rotatable bonds is 3. The van der Waals surface area contributed by atoms with E-state index in [1.807, 2.05) is 6.92 Å². The van der Waals surface area contributed by atoms with Crippen molar-refractivity contribution in [2.24, 2.45) is 11.8 Å². The van der Waals surface area contributed by atoms with E-state index in [1.54, 1.807) is 10.7 Å². The van der Waals surface area contributed by atoms with Crippen molar-refractivity contribution in [3.8, 4) is 0 Å². The average Bonchev–Trinajstić information content (AvgIpc) is 2.13. The molecule has 0 aliphatic rings. The molecule has 0 spiro atoms. The highest BCUT2D eigenvalue weighted by atomic mass is 79.9. The van der Waals surface area contributed by atoms with Gasteiger partial charge in [-0.15, -0.1) is 0 Å². The number of aromatic nitrogens is 2. The van der Waals surface area contributed by atoms with Gasteiger partial charge in [0.2, 0.25) is 0 Å². The summed E-state index contributed by atoms with van der Waals surface area (Å²) in [7, 11) is 0. The SMILES string of the molecule is Cc1cc(Br)c(=O)n(CC(C)C(C)C)n1. The number of hydrogen-bond donors (Lipinski definition) is 0. The zero-order valence-corrected chi connectivity index (χ0v) is 11.2. The Balaban J connectivity index is 3.00. The summed E-state index contributed by atoms with van der Waals surface area (Å²) in [4.78, 5) is 11.7. The molecule has 0 saturated heterocycles. The second-order valence-electron chi connectivity index (χ2n) is 4.34. The Morgan fingerprint density at radius 1 is 1.47 bits per heavy atom. The van der Waals surface area contributed by atoms with Crippen molar-refractivity contribution in [2.75, 3.05) is 0 Å². The van der Waals surface area contributed by atoms with E-state index in [0.29, 0.717) is 22.9 Å². The van der Waals surface area contributed by atoms with Crippen molar-refractivity contribution in [3.63, 3.8) is 0 Å². The van der Waals surface area contributed by atoms with Crippen LogP contribution in [0.5, 0.6) is 0 Å². The van der Waals surface area contributed by atoms with Gasteiger partial charge in [0.05, 0.1) is 10.2 Å². The second-order valence-corrected chi connectivity index (χ2v) is 5.20. The minimum atomic E-state index is -0.0481. The Kier molecular flexibility index (Phi) is 4.08. The van der Waals surface area contributed by atoms with Crippen molar-refractivity contribution in [1.82, 2.24) is 9.78 Å². The summed E-state index contributed by atoms with van der Waals surface area (Å²) in [6.07, 6.45) is 0. The normalized spacial score (nSPS) is 13.2. The van der Waals surface area contributed by atoms with Gasteiger partial charge in [0, 0.05) is 6.54 Å². The van der Waals surface area contributed by atoms with Gasteiger partial charge >= 0.3 is 0 Å². The standard InChI is InChI=1S/C11H17BrN2O/c1-7(2)8(3)6-14-11(15)10(12)5-9(4)13-14/h5,7-8H,6H2,1-4H3. The molecule has 1 atom stereocenters. The van der Waals surface area contributed by atoms with E-state index in [0.717, 1.165) is 5.69 Å². The van der Waals surface area contributed by atoms with Crippen LogP contribution in [0.4, 0.5) is 0 Å². The zero-order valence-electron chi connectivity index (χ0n) is 9.62. The van der Waals surface area contributed by atoms with Crippen molar-refractivity contribution in [3.05, 3.63) is 26.6 Å². The van der Waals surface area contributed by atoms with E-state index in [1.165, 1.54) is 0 Å². The number of hydrogen-bond acceptors (Lipinski definition) is 2. The van der Waals surface area contributed by atoms with Gasteiger partial charge in [-0.25, -0.2) is 4.68 Å². The molecule has 1 unspecified atom stereocenters. The van der Waals surface area contributed by atoms with Gasteiger partial charge in [-0.3, -0.25) is 4.79 Å². The predicted octanol–water partition coefficient (Wildman–Crippen LogP) is 2.61. The monoisotopic (exact) mass is 272 g/mol. The van der Waals surface area contributed by atoms with Gasteiger partial charge in [0.25, 0.3) is 5.56 Å². The molecule has 0 N–H and O–H groups in total. The Hall–Kier alpha value is -0.640. The van der Waals surface area contributed by atoms with Crippen LogP contribution in [-0.4, -0.2) is 9.78 Å². The Morgan fingerprint density at radius 3 is 2.60 bits per heavy atom. The quantitative estimate of drug-likeness (QED) is 0.848. The number of nitrogens with zero attached hydrogens (tertiary/aromatic N) is 2. The zero-order chi connectivity index (χ0) is 11.6. The molecule has 0 radical (unpaired) electrons. The fourth-order valence-corrected chi connectivity index (χ4v) is 1.78. The van der Waals surface area contributed by atoms with E-state index in [4.69, 9.17) is 0 Å². The van der Waals surface area contributed by atoms with Crippen molar-refractivity contribution in [1.29, 1.82) is 0 Å². The lowest BCUT2D eigenvalue weighted by molar-refractivity contribution is 0.339. The smallest absolute Gasteiger partial charge is 0.267 e. The largest absolute Gasteiger partial charge is 0.281 e. The molecule has 1 rings (SSSR count). The van der Waals surface area contributed by atoms with Crippen LogP contribution < -0.4 is 5.56 Å². The first-order chi connectivity index (χ1) is 6.91. The molecule has 1 aromatic rings. The molecule has 1 heterocycles. The van der Waals surface area contributed by atoms with Gasteiger partial charge in [-0.05, 0) is 40.8 Å². The van der Waals surface area contributed by atoms with E-state index in [9.17, 15) is 4.79 Å². The molecule has 15 heavy (non-hydrogen) atoms. The maximum atomic E-state index is 11.7. The molecule has 0 aliphatic carbocycles. The van der Waals surface area contributed by atoms with E-state index < -0.39 is 0 Å². The van der Waals surface area contributed by atoms with Crippen LogP contribution in [0.25, 0.3) is 0 Å². The summed E-state index contributed by atoms with van der Waals surface area (Å²) in [5.41, 5.74) is 0.811. The molecule has 0 fully saturated rings. The third kappa shape index (κ3) is 3.16. The molecule has 1 aromatic heterocycles. The first kappa shape index (κ1) is 12.4. The van der Waals surface area contributed by atoms with Gasteiger partial charge in [-0.1, -0.05) is 20.8 Å². The molecular formula is C11H17BrN2O. The summed E-state index contributed by atoms with van der Waals surface area (Å²) in [6.45, 7) is 9.01.